The molecule has 114 valence electrons. The number of nitrogen functional groups attached to an aromatic ring is 1. The molecule has 1 aromatic carbocycles. The Kier molecular flexibility index (Phi) is 4.44. The van der Waals surface area contributed by atoms with Gasteiger partial charge in [0.1, 0.15) is 0 Å². The third kappa shape index (κ3) is 4.21. The van der Waals surface area contributed by atoms with E-state index in [1.54, 1.807) is 0 Å². The minimum Gasteiger partial charge on any atom is -0.399 e. The second-order valence-corrected chi connectivity index (χ2v) is 6.51. The zero-order valence-electron chi connectivity index (χ0n) is 12.6. The Labute approximate surface area is 126 Å². The van der Waals surface area contributed by atoms with Crippen LogP contribution in [0.25, 0.3) is 0 Å². The molecule has 0 bridgehead atoms. The number of benzene rings is 1. The number of carbonyl (C=O) groups excluding carboxylic acids is 1. The molecule has 1 aromatic rings. The van der Waals surface area contributed by atoms with Gasteiger partial charge in [-0.1, -0.05) is 12.1 Å². The lowest BCUT2D eigenvalue weighted by molar-refractivity contribution is -0.126. The zero-order chi connectivity index (χ0) is 14.7. The third-order valence-electron chi connectivity index (χ3n) is 4.50. The van der Waals surface area contributed by atoms with Crippen molar-refractivity contribution in [3.8, 4) is 0 Å². The maximum Gasteiger partial charge on any atom is 0.224 e. The molecule has 1 atom stereocenters. The molecule has 21 heavy (non-hydrogen) atoms. The topological polar surface area (TPSA) is 58.4 Å². The second kappa shape index (κ2) is 6.48. The number of nitrogens with zero attached hydrogens (tertiary/aromatic N) is 1. The Balaban J connectivity index is 1.51. The summed E-state index contributed by atoms with van der Waals surface area (Å²) < 4.78 is 0. The van der Waals surface area contributed by atoms with Crippen molar-refractivity contribution >= 4 is 11.6 Å². The maximum absolute atomic E-state index is 12.2. The summed E-state index contributed by atoms with van der Waals surface area (Å²) >= 11 is 0. The quantitative estimate of drug-likeness (QED) is 0.815. The average molecular weight is 287 g/mol. The molecular weight excluding hydrogens is 262 g/mol. The Hall–Kier alpha value is -1.55. The van der Waals surface area contributed by atoms with Crippen LogP contribution in [0.1, 0.15) is 31.2 Å². The first-order valence-corrected chi connectivity index (χ1v) is 8.05. The summed E-state index contributed by atoms with van der Waals surface area (Å²) in [6.07, 6.45) is 4.69. The van der Waals surface area contributed by atoms with E-state index in [4.69, 9.17) is 5.73 Å². The predicted molar refractivity (Wildman–Crippen MR) is 84.6 cm³/mol. The van der Waals surface area contributed by atoms with Gasteiger partial charge < -0.3 is 11.1 Å². The minimum absolute atomic E-state index is 0.151. The number of piperidine rings is 1. The highest BCUT2D eigenvalue weighted by atomic mass is 16.1. The smallest absolute Gasteiger partial charge is 0.224 e. The molecule has 1 aliphatic heterocycles. The molecule has 2 fully saturated rings. The molecule has 1 amide bonds. The third-order valence-corrected chi connectivity index (χ3v) is 4.50. The second-order valence-electron chi connectivity index (χ2n) is 6.51. The van der Waals surface area contributed by atoms with Gasteiger partial charge in [0.2, 0.25) is 5.91 Å². The fourth-order valence-corrected chi connectivity index (χ4v) is 3.07. The van der Waals surface area contributed by atoms with E-state index in [1.165, 1.54) is 18.4 Å². The van der Waals surface area contributed by atoms with Crippen molar-refractivity contribution in [1.29, 1.82) is 0 Å². The summed E-state index contributed by atoms with van der Waals surface area (Å²) in [7, 11) is 0. The summed E-state index contributed by atoms with van der Waals surface area (Å²) in [5.74, 6) is 1.15. The first-order chi connectivity index (χ1) is 10.2. The molecule has 4 heteroatoms. The molecular formula is C17H25N3O. The van der Waals surface area contributed by atoms with Crippen molar-refractivity contribution in [1.82, 2.24) is 10.2 Å². The number of carbonyl (C=O) groups is 1. The molecule has 0 spiro atoms. The van der Waals surface area contributed by atoms with E-state index in [0.29, 0.717) is 0 Å². The fraction of sp³-hybridized carbons (Fsp3) is 0.588. The van der Waals surface area contributed by atoms with E-state index in [9.17, 15) is 4.79 Å². The van der Waals surface area contributed by atoms with Crippen LogP contribution in [0.15, 0.2) is 24.3 Å². The van der Waals surface area contributed by atoms with E-state index in [0.717, 1.165) is 50.6 Å². The van der Waals surface area contributed by atoms with E-state index in [1.807, 2.05) is 18.2 Å². The Morgan fingerprint density at radius 2 is 2.19 bits per heavy atom. The van der Waals surface area contributed by atoms with Gasteiger partial charge in [-0.25, -0.2) is 0 Å². The number of rotatable bonds is 5. The number of amides is 1. The molecule has 1 saturated carbocycles. The molecule has 3 rings (SSSR count). The lowest BCUT2D eigenvalue weighted by Gasteiger charge is -2.32. The van der Waals surface area contributed by atoms with Gasteiger partial charge in [-0.3, -0.25) is 9.69 Å². The fourth-order valence-electron chi connectivity index (χ4n) is 3.07. The molecule has 1 aliphatic carbocycles. The summed E-state index contributed by atoms with van der Waals surface area (Å²) in [5, 5.41) is 3.12. The van der Waals surface area contributed by atoms with Crippen LogP contribution >= 0.6 is 0 Å². The number of anilines is 1. The van der Waals surface area contributed by atoms with Gasteiger partial charge in [0.05, 0.1) is 5.92 Å². The number of nitrogens with one attached hydrogen (secondary N) is 1. The van der Waals surface area contributed by atoms with Crippen LogP contribution in [-0.2, 0) is 11.3 Å². The highest BCUT2D eigenvalue weighted by molar-refractivity contribution is 5.79. The van der Waals surface area contributed by atoms with Crippen LogP contribution in [-0.4, -0.2) is 30.4 Å². The van der Waals surface area contributed by atoms with Gasteiger partial charge in [0, 0.05) is 25.3 Å². The van der Waals surface area contributed by atoms with Gasteiger partial charge in [-0.2, -0.15) is 0 Å². The highest BCUT2D eigenvalue weighted by Crippen LogP contribution is 2.28. The Morgan fingerprint density at radius 1 is 1.33 bits per heavy atom. The van der Waals surface area contributed by atoms with E-state index >= 15 is 0 Å². The lowest BCUT2D eigenvalue weighted by Crippen LogP contribution is -2.43. The summed E-state index contributed by atoms with van der Waals surface area (Å²) in [6.45, 7) is 3.70. The van der Waals surface area contributed by atoms with Crippen molar-refractivity contribution in [3.63, 3.8) is 0 Å². The molecule has 1 saturated heterocycles. The SMILES string of the molecule is Nc1cccc(CN2CCCC(C(=O)NCC3CC3)C2)c1. The largest absolute Gasteiger partial charge is 0.399 e. The standard InChI is InChI=1S/C17H25N3O/c18-16-5-1-3-14(9-16)11-20-8-2-4-15(12-20)17(21)19-10-13-6-7-13/h1,3,5,9,13,15H,2,4,6-8,10-12,18H2,(H,19,21). The predicted octanol–water partition coefficient (Wildman–Crippen LogP) is 2.01. The van der Waals surface area contributed by atoms with E-state index in [2.05, 4.69) is 16.3 Å². The molecule has 1 heterocycles. The van der Waals surface area contributed by atoms with Gasteiger partial charge >= 0.3 is 0 Å². The van der Waals surface area contributed by atoms with Gasteiger partial charge in [-0.15, -0.1) is 0 Å². The van der Waals surface area contributed by atoms with Crippen molar-refractivity contribution in [2.45, 2.75) is 32.2 Å². The minimum atomic E-state index is 0.151. The number of nitrogens with two attached hydrogens (primary N) is 1. The van der Waals surface area contributed by atoms with Gasteiger partial charge in [0.15, 0.2) is 0 Å². The van der Waals surface area contributed by atoms with Crippen LogP contribution < -0.4 is 11.1 Å². The van der Waals surface area contributed by atoms with Crippen LogP contribution in [0.4, 0.5) is 5.69 Å². The van der Waals surface area contributed by atoms with Crippen molar-refractivity contribution in [3.05, 3.63) is 29.8 Å². The van der Waals surface area contributed by atoms with Crippen molar-refractivity contribution < 1.29 is 4.79 Å². The molecule has 4 nitrogen and oxygen atoms in total. The molecule has 2 aliphatic rings. The van der Waals surface area contributed by atoms with Gasteiger partial charge in [-0.05, 0) is 55.8 Å². The maximum atomic E-state index is 12.2. The van der Waals surface area contributed by atoms with E-state index < -0.39 is 0 Å². The normalized spacial score (nSPS) is 23.0. The Morgan fingerprint density at radius 3 is 2.95 bits per heavy atom. The van der Waals surface area contributed by atoms with E-state index in [-0.39, 0.29) is 11.8 Å². The van der Waals surface area contributed by atoms with Crippen molar-refractivity contribution in [2.75, 3.05) is 25.4 Å². The first kappa shape index (κ1) is 14.4. The van der Waals surface area contributed by atoms with Crippen LogP contribution in [0, 0.1) is 11.8 Å². The van der Waals surface area contributed by atoms with Crippen LogP contribution in [0.2, 0.25) is 0 Å². The summed E-state index contributed by atoms with van der Waals surface area (Å²) in [6, 6.07) is 8.03. The Bertz CT molecular complexity index is 499. The zero-order valence-corrected chi connectivity index (χ0v) is 12.6. The summed E-state index contributed by atoms with van der Waals surface area (Å²) in [4.78, 5) is 14.6. The number of hydrogen-bond acceptors (Lipinski definition) is 3. The molecule has 1 unspecified atom stereocenters. The molecule has 0 radical (unpaired) electrons. The van der Waals surface area contributed by atoms with Crippen molar-refractivity contribution in [2.24, 2.45) is 11.8 Å². The first-order valence-electron chi connectivity index (χ1n) is 8.05. The number of likely N-dealkylation sites (tertiary alicyclic amines) is 1. The van der Waals surface area contributed by atoms with Gasteiger partial charge in [0.25, 0.3) is 0 Å². The molecule has 0 aromatic heterocycles. The van der Waals surface area contributed by atoms with Crippen LogP contribution in [0.5, 0.6) is 0 Å². The summed E-state index contributed by atoms with van der Waals surface area (Å²) in [5.41, 5.74) is 7.87. The van der Waals surface area contributed by atoms with Crippen LogP contribution in [0.3, 0.4) is 0 Å². The molecule has 3 N–H and O–H groups in total. The number of hydrogen-bond donors (Lipinski definition) is 2. The highest BCUT2D eigenvalue weighted by Gasteiger charge is 2.27. The lowest BCUT2D eigenvalue weighted by atomic mass is 9.96. The monoisotopic (exact) mass is 287 g/mol. The average Bonchev–Trinajstić information content (AvgIpc) is 3.29.